The van der Waals surface area contributed by atoms with Gasteiger partial charge in [0.1, 0.15) is 5.82 Å². The second-order valence-corrected chi connectivity index (χ2v) is 18.4. The SMILES string of the molecule is Cc1ccc(C(F)c2c(C3CCCC3)nc3c(c2-c2ccc(F)cc2)C(O[Si](C)(C)C(C)C)CC(C)(C)C3)cc1. The molecule has 0 N–H and O–H groups in total. The van der Waals surface area contributed by atoms with Crippen LogP contribution in [0.15, 0.2) is 48.5 Å². The van der Waals surface area contributed by atoms with Crippen LogP contribution in [0.2, 0.25) is 18.6 Å². The topological polar surface area (TPSA) is 22.1 Å². The van der Waals surface area contributed by atoms with Crippen LogP contribution in [0.3, 0.4) is 0 Å². The number of alkyl halides is 1. The van der Waals surface area contributed by atoms with Gasteiger partial charge >= 0.3 is 0 Å². The number of aryl methyl sites for hydroxylation is 1. The molecule has 1 heterocycles. The Morgan fingerprint density at radius 2 is 1.60 bits per heavy atom. The van der Waals surface area contributed by atoms with E-state index in [-0.39, 0.29) is 23.3 Å². The molecule has 1 fully saturated rings. The first-order valence-corrected chi connectivity index (χ1v) is 18.1. The molecule has 5 heteroatoms. The minimum absolute atomic E-state index is 0.00667. The van der Waals surface area contributed by atoms with Crippen molar-refractivity contribution in [2.75, 3.05) is 0 Å². The fourth-order valence-corrected chi connectivity index (χ4v) is 7.70. The fraction of sp³-hybridized carbons (Fsp3) is 0.514. The van der Waals surface area contributed by atoms with Gasteiger partial charge in [-0.25, -0.2) is 8.78 Å². The lowest BCUT2D eigenvalue weighted by atomic mass is 9.71. The summed E-state index contributed by atoms with van der Waals surface area (Å²) in [5, 5.41) is 0. The van der Waals surface area contributed by atoms with Crippen molar-refractivity contribution in [3.63, 3.8) is 0 Å². The molecule has 40 heavy (non-hydrogen) atoms. The molecule has 0 bridgehead atoms. The number of benzene rings is 2. The zero-order valence-electron chi connectivity index (χ0n) is 25.3. The molecule has 0 spiro atoms. The highest BCUT2D eigenvalue weighted by atomic mass is 28.4. The molecule has 2 nitrogen and oxygen atoms in total. The van der Waals surface area contributed by atoms with Crippen molar-refractivity contribution in [2.24, 2.45) is 5.41 Å². The van der Waals surface area contributed by atoms with Crippen LogP contribution in [-0.2, 0) is 10.8 Å². The first-order chi connectivity index (χ1) is 18.9. The molecule has 2 atom stereocenters. The second-order valence-electron chi connectivity index (χ2n) is 13.8. The van der Waals surface area contributed by atoms with Gasteiger partial charge in [0, 0.05) is 22.7 Å². The van der Waals surface area contributed by atoms with E-state index in [9.17, 15) is 4.39 Å². The van der Waals surface area contributed by atoms with Crippen LogP contribution in [-0.4, -0.2) is 13.3 Å². The normalized spacial score (nSPS) is 20.1. The molecule has 0 amide bonds. The van der Waals surface area contributed by atoms with Gasteiger partial charge in [-0.05, 0) is 85.5 Å². The third-order valence-corrected chi connectivity index (χ3v) is 13.1. The number of halogens is 2. The maximum absolute atomic E-state index is 17.1. The van der Waals surface area contributed by atoms with Gasteiger partial charge in [0.2, 0.25) is 0 Å². The Morgan fingerprint density at radius 1 is 0.975 bits per heavy atom. The summed E-state index contributed by atoms with van der Waals surface area (Å²) < 4.78 is 38.4. The van der Waals surface area contributed by atoms with E-state index < -0.39 is 14.5 Å². The van der Waals surface area contributed by atoms with Gasteiger partial charge in [0.25, 0.3) is 0 Å². The Balaban J connectivity index is 1.83. The monoisotopic (exact) mass is 561 g/mol. The third-order valence-electron chi connectivity index (χ3n) is 9.42. The number of nitrogens with zero attached hydrogens (tertiary/aromatic N) is 1. The molecule has 2 unspecified atom stereocenters. The minimum Gasteiger partial charge on any atom is -0.410 e. The maximum Gasteiger partial charge on any atom is 0.190 e. The molecule has 0 radical (unpaired) electrons. The van der Waals surface area contributed by atoms with Gasteiger partial charge in [-0.2, -0.15) is 0 Å². The molecule has 2 aliphatic rings. The van der Waals surface area contributed by atoms with Gasteiger partial charge in [0.05, 0.1) is 11.8 Å². The van der Waals surface area contributed by atoms with E-state index >= 15 is 4.39 Å². The Bertz CT molecular complexity index is 1340. The van der Waals surface area contributed by atoms with Crippen molar-refractivity contribution in [3.8, 4) is 11.1 Å². The molecule has 3 aromatic rings. The van der Waals surface area contributed by atoms with Crippen molar-refractivity contribution in [1.82, 2.24) is 4.98 Å². The van der Waals surface area contributed by atoms with Crippen LogP contribution in [0.4, 0.5) is 8.78 Å². The van der Waals surface area contributed by atoms with E-state index in [1.165, 1.54) is 12.1 Å². The van der Waals surface area contributed by atoms with Crippen molar-refractivity contribution in [3.05, 3.63) is 88.0 Å². The van der Waals surface area contributed by atoms with Crippen LogP contribution in [0.5, 0.6) is 0 Å². The Hall–Kier alpha value is -2.37. The zero-order chi connectivity index (χ0) is 28.8. The van der Waals surface area contributed by atoms with E-state index in [0.717, 1.165) is 72.2 Å². The van der Waals surface area contributed by atoms with Gasteiger partial charge in [-0.15, -0.1) is 0 Å². The van der Waals surface area contributed by atoms with Crippen molar-refractivity contribution in [2.45, 2.75) is 110 Å². The van der Waals surface area contributed by atoms with Crippen LogP contribution in [0.25, 0.3) is 11.1 Å². The van der Waals surface area contributed by atoms with E-state index in [1.54, 1.807) is 0 Å². The summed E-state index contributed by atoms with van der Waals surface area (Å²) >= 11 is 0. The van der Waals surface area contributed by atoms with Gasteiger partial charge in [-0.1, -0.05) is 82.5 Å². The quantitative estimate of drug-likeness (QED) is 0.268. The van der Waals surface area contributed by atoms with E-state index in [2.05, 4.69) is 40.8 Å². The van der Waals surface area contributed by atoms with E-state index in [1.807, 2.05) is 43.3 Å². The average molecular weight is 562 g/mol. The Morgan fingerprint density at radius 3 is 2.20 bits per heavy atom. The molecule has 214 valence electrons. The standard InChI is InChI=1S/C35H45F2NOSi/c1-22(2)40(6,7)39-29-21-35(4,5)20-28-31(29)30(24-16-18-27(36)19-17-24)32(34(38-28)26-10-8-9-11-26)33(37)25-14-12-23(3)13-15-25/h12-19,22,26,29,33H,8-11,20-21H2,1-7H3. The summed E-state index contributed by atoms with van der Waals surface area (Å²) in [7, 11) is -2.07. The molecule has 1 aromatic heterocycles. The first kappa shape index (κ1) is 29.1. The van der Waals surface area contributed by atoms with Crippen molar-refractivity contribution in [1.29, 1.82) is 0 Å². The summed E-state index contributed by atoms with van der Waals surface area (Å²) in [6, 6.07) is 14.4. The molecule has 2 aromatic carbocycles. The predicted octanol–water partition coefficient (Wildman–Crippen LogP) is 10.6. The summed E-state index contributed by atoms with van der Waals surface area (Å²) in [4.78, 5) is 5.41. The molecule has 5 rings (SSSR count). The highest BCUT2D eigenvalue weighted by molar-refractivity contribution is 6.72. The summed E-state index contributed by atoms with van der Waals surface area (Å²) in [6.45, 7) is 15.7. The Labute approximate surface area is 240 Å². The molecule has 2 aliphatic carbocycles. The second kappa shape index (κ2) is 11.1. The third kappa shape index (κ3) is 5.83. The van der Waals surface area contributed by atoms with Crippen LogP contribution >= 0.6 is 0 Å². The molecular weight excluding hydrogens is 516 g/mol. The molecule has 1 saturated carbocycles. The zero-order valence-corrected chi connectivity index (χ0v) is 26.3. The number of fused-ring (bicyclic) bond motifs is 1. The van der Waals surface area contributed by atoms with Crippen molar-refractivity contribution < 1.29 is 13.2 Å². The van der Waals surface area contributed by atoms with Crippen LogP contribution in [0, 0.1) is 18.2 Å². The van der Waals surface area contributed by atoms with E-state index in [4.69, 9.17) is 9.41 Å². The summed E-state index contributed by atoms with van der Waals surface area (Å²) in [5.41, 5.74) is 7.55. The van der Waals surface area contributed by atoms with Crippen LogP contribution < -0.4 is 0 Å². The number of aromatic nitrogens is 1. The van der Waals surface area contributed by atoms with Gasteiger partial charge in [-0.3, -0.25) is 4.98 Å². The number of hydrogen-bond donors (Lipinski definition) is 0. The molecule has 0 aliphatic heterocycles. The van der Waals surface area contributed by atoms with Crippen LogP contribution in [0.1, 0.15) is 112 Å². The van der Waals surface area contributed by atoms with E-state index in [0.29, 0.717) is 16.7 Å². The van der Waals surface area contributed by atoms with Crippen molar-refractivity contribution >= 4 is 8.32 Å². The lowest BCUT2D eigenvalue weighted by Gasteiger charge is -2.43. The highest BCUT2D eigenvalue weighted by Crippen LogP contribution is 2.52. The lowest BCUT2D eigenvalue weighted by Crippen LogP contribution is -2.39. The minimum atomic E-state index is -2.07. The summed E-state index contributed by atoms with van der Waals surface area (Å²) in [5.74, 6) is -0.0593. The largest absolute Gasteiger partial charge is 0.410 e. The average Bonchev–Trinajstić information content (AvgIpc) is 3.42. The van der Waals surface area contributed by atoms with Gasteiger partial charge in [0.15, 0.2) is 14.5 Å². The lowest BCUT2D eigenvalue weighted by molar-refractivity contribution is 0.110. The number of pyridine rings is 1. The molecular formula is C35H45F2NOSi. The number of rotatable bonds is 7. The fourth-order valence-electron chi connectivity index (χ4n) is 6.49. The highest BCUT2D eigenvalue weighted by Gasteiger charge is 2.42. The maximum atomic E-state index is 17.1. The molecule has 0 saturated heterocycles. The van der Waals surface area contributed by atoms with Gasteiger partial charge < -0.3 is 4.43 Å². The first-order valence-electron chi connectivity index (χ1n) is 15.1. The summed E-state index contributed by atoms with van der Waals surface area (Å²) in [6.07, 6.45) is 4.49. The Kier molecular flexibility index (Phi) is 8.11. The predicted molar refractivity (Wildman–Crippen MR) is 163 cm³/mol. The number of hydrogen-bond acceptors (Lipinski definition) is 2. The smallest absolute Gasteiger partial charge is 0.190 e.